The van der Waals surface area contributed by atoms with Crippen molar-refractivity contribution in [2.24, 2.45) is 0 Å². The molecule has 0 bridgehead atoms. The van der Waals surface area contributed by atoms with Crippen LogP contribution in [0.2, 0.25) is 0 Å². The molecule has 0 unspecified atom stereocenters. The Kier molecular flexibility index (Phi) is 9.74. The number of rotatable bonds is 8. The summed E-state index contributed by atoms with van der Waals surface area (Å²) in [7, 11) is 0. The van der Waals surface area contributed by atoms with Gasteiger partial charge in [0.1, 0.15) is 0 Å². The Labute approximate surface area is 105 Å². The second-order valence-corrected chi connectivity index (χ2v) is 4.39. The first-order chi connectivity index (χ1) is 7.33. The van der Waals surface area contributed by atoms with Crippen LogP contribution in [-0.2, 0) is 4.79 Å². The number of nitrogens with zero attached hydrogens (tertiary/aromatic N) is 1. The van der Waals surface area contributed by atoms with E-state index in [0.29, 0.717) is 6.42 Å². The van der Waals surface area contributed by atoms with Crippen molar-refractivity contribution in [1.82, 2.24) is 10.4 Å². The van der Waals surface area contributed by atoms with Gasteiger partial charge in [-0.15, -0.1) is 12.4 Å². The SMILES string of the molecule is CCCCCCCCCN1CCC(=O)N1.Cl. The number of amides is 1. The van der Waals surface area contributed by atoms with Crippen LogP contribution in [0.3, 0.4) is 0 Å². The highest BCUT2D eigenvalue weighted by Gasteiger charge is 2.16. The maximum absolute atomic E-state index is 10.9. The summed E-state index contributed by atoms with van der Waals surface area (Å²) in [5.74, 6) is 0.179. The highest BCUT2D eigenvalue weighted by Crippen LogP contribution is 2.08. The zero-order valence-electron chi connectivity index (χ0n) is 10.3. The number of hydrogen-bond acceptors (Lipinski definition) is 2. The highest BCUT2D eigenvalue weighted by atomic mass is 35.5. The van der Waals surface area contributed by atoms with Crippen molar-refractivity contribution in [2.75, 3.05) is 13.1 Å². The first-order valence-corrected chi connectivity index (χ1v) is 6.37. The molecule has 16 heavy (non-hydrogen) atoms. The molecule has 0 aromatic carbocycles. The van der Waals surface area contributed by atoms with Crippen LogP contribution in [0.25, 0.3) is 0 Å². The zero-order valence-corrected chi connectivity index (χ0v) is 11.2. The zero-order chi connectivity index (χ0) is 10.9. The lowest BCUT2D eigenvalue weighted by atomic mass is 10.1. The minimum absolute atomic E-state index is 0. The van der Waals surface area contributed by atoms with E-state index in [0.717, 1.165) is 13.1 Å². The fourth-order valence-electron chi connectivity index (χ4n) is 1.95. The van der Waals surface area contributed by atoms with Gasteiger partial charge in [0, 0.05) is 19.5 Å². The number of carbonyl (C=O) groups excluding carboxylic acids is 1. The fraction of sp³-hybridized carbons (Fsp3) is 0.917. The number of hydrogen-bond donors (Lipinski definition) is 1. The van der Waals surface area contributed by atoms with Gasteiger partial charge in [0.05, 0.1) is 0 Å². The quantitative estimate of drug-likeness (QED) is 0.670. The first-order valence-electron chi connectivity index (χ1n) is 6.37. The van der Waals surface area contributed by atoms with Gasteiger partial charge in [-0.3, -0.25) is 10.2 Å². The summed E-state index contributed by atoms with van der Waals surface area (Å²) in [6, 6.07) is 0. The van der Waals surface area contributed by atoms with E-state index in [2.05, 4.69) is 12.3 Å². The van der Waals surface area contributed by atoms with Crippen molar-refractivity contribution < 1.29 is 4.79 Å². The molecule has 1 aliphatic rings. The van der Waals surface area contributed by atoms with Crippen molar-refractivity contribution in [3.8, 4) is 0 Å². The monoisotopic (exact) mass is 248 g/mol. The summed E-state index contributed by atoms with van der Waals surface area (Å²) in [5, 5.41) is 2.05. The van der Waals surface area contributed by atoms with Gasteiger partial charge in [0.2, 0.25) is 5.91 Å². The average Bonchev–Trinajstić information content (AvgIpc) is 2.63. The van der Waals surface area contributed by atoms with Crippen LogP contribution in [0, 0.1) is 0 Å². The lowest BCUT2D eigenvalue weighted by Gasteiger charge is -2.13. The second kappa shape index (κ2) is 9.91. The third kappa shape index (κ3) is 7.07. The molecule has 1 saturated heterocycles. The molecule has 1 N–H and O–H groups in total. The molecule has 96 valence electrons. The Bertz CT molecular complexity index is 188. The van der Waals surface area contributed by atoms with Crippen LogP contribution in [0.5, 0.6) is 0 Å². The maximum Gasteiger partial charge on any atom is 0.235 e. The summed E-state index contributed by atoms with van der Waals surface area (Å²) >= 11 is 0. The predicted octanol–water partition coefficient (Wildman–Crippen LogP) is 2.90. The van der Waals surface area contributed by atoms with Crippen molar-refractivity contribution in [2.45, 2.75) is 58.3 Å². The van der Waals surface area contributed by atoms with Gasteiger partial charge in [-0.25, -0.2) is 5.01 Å². The molecule has 4 heteroatoms. The van der Waals surface area contributed by atoms with Gasteiger partial charge < -0.3 is 0 Å². The van der Waals surface area contributed by atoms with Crippen LogP contribution in [-0.4, -0.2) is 24.0 Å². The smallest absolute Gasteiger partial charge is 0.235 e. The van der Waals surface area contributed by atoms with Crippen LogP contribution in [0.15, 0.2) is 0 Å². The molecule has 0 spiro atoms. The molecule has 0 radical (unpaired) electrons. The summed E-state index contributed by atoms with van der Waals surface area (Å²) in [6.07, 6.45) is 10.00. The lowest BCUT2D eigenvalue weighted by Crippen LogP contribution is -2.33. The van der Waals surface area contributed by atoms with Gasteiger partial charge >= 0.3 is 0 Å². The van der Waals surface area contributed by atoms with E-state index < -0.39 is 0 Å². The molecule has 0 aromatic rings. The van der Waals surface area contributed by atoms with Crippen LogP contribution >= 0.6 is 12.4 Å². The molecule has 0 aliphatic carbocycles. The molecule has 3 nitrogen and oxygen atoms in total. The molecular formula is C12H25ClN2O. The molecule has 1 fully saturated rings. The normalized spacial score (nSPS) is 15.9. The molecule has 1 rings (SSSR count). The van der Waals surface area contributed by atoms with E-state index in [9.17, 15) is 4.79 Å². The number of nitrogens with one attached hydrogen (secondary N) is 1. The predicted molar refractivity (Wildman–Crippen MR) is 69.6 cm³/mol. The Morgan fingerprint density at radius 2 is 1.75 bits per heavy atom. The third-order valence-corrected chi connectivity index (χ3v) is 2.92. The minimum Gasteiger partial charge on any atom is -0.289 e. The highest BCUT2D eigenvalue weighted by molar-refractivity contribution is 5.85. The van der Waals surface area contributed by atoms with Gasteiger partial charge in [0.15, 0.2) is 0 Å². The van der Waals surface area contributed by atoms with E-state index in [1.54, 1.807) is 0 Å². The summed E-state index contributed by atoms with van der Waals surface area (Å²) in [4.78, 5) is 10.9. The Balaban J connectivity index is 0.00000225. The average molecular weight is 249 g/mol. The maximum atomic E-state index is 10.9. The number of halogens is 1. The number of hydrazine groups is 1. The third-order valence-electron chi connectivity index (χ3n) is 2.92. The van der Waals surface area contributed by atoms with Gasteiger partial charge in [0.25, 0.3) is 0 Å². The topological polar surface area (TPSA) is 32.3 Å². The first kappa shape index (κ1) is 15.7. The van der Waals surface area contributed by atoms with Crippen LogP contribution < -0.4 is 5.43 Å². The Morgan fingerprint density at radius 1 is 1.12 bits per heavy atom. The summed E-state index contributed by atoms with van der Waals surface area (Å²) in [5.41, 5.74) is 2.86. The molecule has 1 heterocycles. The van der Waals surface area contributed by atoms with E-state index >= 15 is 0 Å². The Hall–Kier alpha value is -0.280. The lowest BCUT2D eigenvalue weighted by molar-refractivity contribution is -0.121. The van der Waals surface area contributed by atoms with Crippen molar-refractivity contribution in [3.63, 3.8) is 0 Å². The minimum atomic E-state index is 0. The molecule has 0 saturated carbocycles. The van der Waals surface area contributed by atoms with E-state index in [-0.39, 0.29) is 18.3 Å². The van der Waals surface area contributed by atoms with Crippen molar-refractivity contribution in [1.29, 1.82) is 0 Å². The van der Waals surface area contributed by atoms with Gasteiger partial charge in [-0.05, 0) is 6.42 Å². The molecule has 0 aromatic heterocycles. The number of unbranched alkanes of at least 4 members (excludes halogenated alkanes) is 6. The Morgan fingerprint density at radius 3 is 2.31 bits per heavy atom. The largest absolute Gasteiger partial charge is 0.289 e. The van der Waals surface area contributed by atoms with Crippen LogP contribution in [0.4, 0.5) is 0 Å². The van der Waals surface area contributed by atoms with E-state index in [1.165, 1.54) is 44.9 Å². The van der Waals surface area contributed by atoms with Crippen LogP contribution in [0.1, 0.15) is 58.3 Å². The summed E-state index contributed by atoms with van der Waals surface area (Å²) in [6.45, 7) is 4.17. The fourth-order valence-corrected chi connectivity index (χ4v) is 1.95. The van der Waals surface area contributed by atoms with Gasteiger partial charge in [-0.2, -0.15) is 0 Å². The molecule has 1 aliphatic heterocycles. The molecular weight excluding hydrogens is 224 g/mol. The molecule has 0 atom stereocenters. The van der Waals surface area contributed by atoms with Crippen molar-refractivity contribution >= 4 is 18.3 Å². The molecule has 1 amide bonds. The van der Waals surface area contributed by atoms with E-state index in [4.69, 9.17) is 0 Å². The number of carbonyl (C=O) groups is 1. The summed E-state index contributed by atoms with van der Waals surface area (Å²) < 4.78 is 0. The van der Waals surface area contributed by atoms with Crippen molar-refractivity contribution in [3.05, 3.63) is 0 Å². The standard InChI is InChI=1S/C12H24N2O.ClH/c1-2-3-4-5-6-7-8-10-14-11-9-12(15)13-14;/h2-11H2,1H3,(H,13,15);1H. The van der Waals surface area contributed by atoms with Gasteiger partial charge in [-0.1, -0.05) is 45.4 Å². The second-order valence-electron chi connectivity index (χ2n) is 4.39. The van der Waals surface area contributed by atoms with E-state index in [1.807, 2.05) is 5.01 Å².